The van der Waals surface area contributed by atoms with Gasteiger partial charge in [0, 0.05) is 11.6 Å². The number of aliphatic hydroxyl groups is 1. The van der Waals surface area contributed by atoms with Crippen LogP contribution in [0.3, 0.4) is 0 Å². The Labute approximate surface area is 168 Å². The van der Waals surface area contributed by atoms with Gasteiger partial charge < -0.3 is 25.2 Å². The summed E-state index contributed by atoms with van der Waals surface area (Å²) in [7, 11) is 0. The Morgan fingerprint density at radius 3 is 2.46 bits per heavy atom. The number of benzene rings is 2. The van der Waals surface area contributed by atoms with Gasteiger partial charge in [0.05, 0.1) is 12.1 Å². The molecule has 6 nitrogen and oxygen atoms in total. The van der Waals surface area contributed by atoms with Gasteiger partial charge in [-0.2, -0.15) is 0 Å². The number of urea groups is 1. The SMILES string of the molecule is O=C(NCC(O)c1ccc(Cl)cc1)NC(c1ccc2c(c1)OCCO2)C1CC1. The number of carbonyl (C=O) groups excluding carboxylic acids is 1. The lowest BCUT2D eigenvalue weighted by Crippen LogP contribution is -2.40. The van der Waals surface area contributed by atoms with Crippen molar-refractivity contribution in [3.8, 4) is 11.5 Å². The van der Waals surface area contributed by atoms with Crippen LogP contribution in [-0.2, 0) is 0 Å². The zero-order valence-electron chi connectivity index (χ0n) is 15.4. The standard InChI is InChI=1S/C21H23ClN2O4/c22-16-6-3-13(4-7-16)17(25)12-23-21(26)24-20(14-1-2-14)15-5-8-18-19(11-15)28-10-9-27-18/h3-8,11,14,17,20,25H,1-2,9-10,12H2,(H2,23,24,26). The van der Waals surface area contributed by atoms with Gasteiger partial charge in [0.15, 0.2) is 11.5 Å². The monoisotopic (exact) mass is 402 g/mol. The predicted molar refractivity (Wildman–Crippen MR) is 106 cm³/mol. The van der Waals surface area contributed by atoms with E-state index in [1.165, 1.54) is 0 Å². The third-order valence-electron chi connectivity index (χ3n) is 5.02. The molecule has 148 valence electrons. The Morgan fingerprint density at radius 1 is 1.07 bits per heavy atom. The molecule has 28 heavy (non-hydrogen) atoms. The molecule has 1 saturated carbocycles. The maximum Gasteiger partial charge on any atom is 0.315 e. The Kier molecular flexibility index (Phi) is 5.59. The number of amides is 2. The molecule has 2 aliphatic rings. The Morgan fingerprint density at radius 2 is 1.75 bits per heavy atom. The third kappa shape index (κ3) is 4.51. The number of hydrogen-bond donors (Lipinski definition) is 3. The summed E-state index contributed by atoms with van der Waals surface area (Å²) < 4.78 is 11.2. The quantitative estimate of drug-likeness (QED) is 0.689. The first-order valence-corrected chi connectivity index (χ1v) is 9.85. The average molecular weight is 403 g/mol. The van der Waals surface area contributed by atoms with Gasteiger partial charge in [0.2, 0.25) is 0 Å². The molecule has 0 aromatic heterocycles. The fraction of sp³-hybridized carbons (Fsp3) is 0.381. The van der Waals surface area contributed by atoms with Crippen molar-refractivity contribution in [1.82, 2.24) is 10.6 Å². The van der Waals surface area contributed by atoms with Crippen molar-refractivity contribution >= 4 is 17.6 Å². The largest absolute Gasteiger partial charge is 0.486 e. The number of nitrogens with one attached hydrogen (secondary N) is 2. The Bertz CT molecular complexity index is 839. The fourth-order valence-corrected chi connectivity index (χ4v) is 3.47. The molecule has 2 unspecified atom stereocenters. The van der Waals surface area contributed by atoms with Crippen molar-refractivity contribution in [3.63, 3.8) is 0 Å². The van der Waals surface area contributed by atoms with Crippen molar-refractivity contribution in [3.05, 3.63) is 58.6 Å². The highest BCUT2D eigenvalue weighted by Gasteiger charge is 2.34. The van der Waals surface area contributed by atoms with Gasteiger partial charge in [-0.3, -0.25) is 0 Å². The number of carbonyl (C=O) groups is 1. The predicted octanol–water partition coefficient (Wildman–Crippen LogP) is 3.60. The van der Waals surface area contributed by atoms with Crippen LogP contribution >= 0.6 is 11.6 Å². The molecule has 4 rings (SSSR count). The van der Waals surface area contributed by atoms with Crippen LogP contribution in [0.1, 0.15) is 36.1 Å². The molecule has 2 atom stereocenters. The normalized spacial score (nSPS) is 17.5. The van der Waals surface area contributed by atoms with Gasteiger partial charge in [-0.25, -0.2) is 4.79 Å². The van der Waals surface area contributed by atoms with Gasteiger partial charge in [-0.05, 0) is 54.2 Å². The molecule has 0 saturated heterocycles. The second-order valence-electron chi connectivity index (χ2n) is 7.14. The summed E-state index contributed by atoms with van der Waals surface area (Å²) in [5.74, 6) is 1.87. The van der Waals surface area contributed by atoms with E-state index in [2.05, 4.69) is 10.6 Å². The molecule has 2 aromatic rings. The lowest BCUT2D eigenvalue weighted by molar-refractivity contribution is 0.170. The van der Waals surface area contributed by atoms with Gasteiger partial charge >= 0.3 is 6.03 Å². The first kappa shape index (κ1) is 18.9. The summed E-state index contributed by atoms with van der Waals surface area (Å²) >= 11 is 5.86. The molecule has 1 fully saturated rings. The van der Waals surface area contributed by atoms with E-state index in [1.54, 1.807) is 24.3 Å². The topological polar surface area (TPSA) is 79.8 Å². The smallest absolute Gasteiger partial charge is 0.315 e. The highest BCUT2D eigenvalue weighted by atomic mass is 35.5. The van der Waals surface area contributed by atoms with E-state index >= 15 is 0 Å². The molecule has 2 aromatic carbocycles. The molecule has 1 aliphatic heterocycles. The molecule has 7 heteroatoms. The van der Waals surface area contributed by atoms with Crippen LogP contribution < -0.4 is 20.1 Å². The summed E-state index contributed by atoms with van der Waals surface area (Å²) in [6.07, 6.45) is 1.36. The maximum absolute atomic E-state index is 12.4. The third-order valence-corrected chi connectivity index (χ3v) is 5.27. The second-order valence-corrected chi connectivity index (χ2v) is 7.58. The highest BCUT2D eigenvalue weighted by Crippen LogP contribution is 2.43. The first-order chi connectivity index (χ1) is 13.6. The molecule has 1 aliphatic carbocycles. The number of halogens is 1. The first-order valence-electron chi connectivity index (χ1n) is 9.47. The molecule has 1 heterocycles. The van der Waals surface area contributed by atoms with Crippen LogP contribution in [0.5, 0.6) is 11.5 Å². The maximum atomic E-state index is 12.4. The zero-order chi connectivity index (χ0) is 19.5. The second kappa shape index (κ2) is 8.29. The van der Waals surface area contributed by atoms with E-state index in [0.717, 1.165) is 29.9 Å². The Hall–Kier alpha value is -2.44. The molecular formula is C21H23ClN2O4. The number of rotatable bonds is 6. The summed E-state index contributed by atoms with van der Waals surface area (Å²) in [6.45, 7) is 1.20. The molecule has 0 radical (unpaired) electrons. The van der Waals surface area contributed by atoms with Gasteiger partial charge in [-0.1, -0.05) is 29.8 Å². The van der Waals surface area contributed by atoms with Gasteiger partial charge in [0.25, 0.3) is 0 Å². The van der Waals surface area contributed by atoms with E-state index in [9.17, 15) is 9.90 Å². The fourth-order valence-electron chi connectivity index (χ4n) is 3.34. The van der Waals surface area contributed by atoms with E-state index in [0.29, 0.717) is 29.7 Å². The zero-order valence-corrected chi connectivity index (χ0v) is 16.1. The van der Waals surface area contributed by atoms with Gasteiger partial charge in [0.1, 0.15) is 13.2 Å². The summed E-state index contributed by atoms with van der Waals surface area (Å²) in [5.41, 5.74) is 1.70. The van der Waals surface area contributed by atoms with E-state index in [4.69, 9.17) is 21.1 Å². The van der Waals surface area contributed by atoms with Crippen molar-refractivity contribution in [2.45, 2.75) is 25.0 Å². The van der Waals surface area contributed by atoms with Crippen LogP contribution in [0.15, 0.2) is 42.5 Å². The van der Waals surface area contributed by atoms with Crippen LogP contribution in [0.2, 0.25) is 5.02 Å². The lowest BCUT2D eigenvalue weighted by Gasteiger charge is -2.23. The molecule has 3 N–H and O–H groups in total. The van der Waals surface area contributed by atoms with Gasteiger partial charge in [-0.15, -0.1) is 0 Å². The number of aliphatic hydroxyl groups excluding tert-OH is 1. The minimum atomic E-state index is -0.795. The summed E-state index contributed by atoms with van der Waals surface area (Å²) in [4.78, 5) is 12.4. The summed E-state index contributed by atoms with van der Waals surface area (Å²) in [6, 6.07) is 12.3. The van der Waals surface area contributed by atoms with Crippen LogP contribution in [0.25, 0.3) is 0 Å². The lowest BCUT2D eigenvalue weighted by atomic mass is 10.0. The average Bonchev–Trinajstić information content (AvgIpc) is 3.55. The van der Waals surface area contributed by atoms with E-state index < -0.39 is 6.10 Å². The van der Waals surface area contributed by atoms with Crippen LogP contribution in [-0.4, -0.2) is 30.9 Å². The van der Waals surface area contributed by atoms with E-state index in [-0.39, 0.29) is 18.6 Å². The van der Waals surface area contributed by atoms with Crippen LogP contribution in [0, 0.1) is 5.92 Å². The molecule has 2 amide bonds. The molecular weight excluding hydrogens is 380 g/mol. The van der Waals surface area contributed by atoms with Crippen molar-refractivity contribution in [1.29, 1.82) is 0 Å². The van der Waals surface area contributed by atoms with Crippen molar-refractivity contribution in [2.24, 2.45) is 5.92 Å². The van der Waals surface area contributed by atoms with E-state index in [1.807, 2.05) is 18.2 Å². The Balaban J connectivity index is 1.37. The number of ether oxygens (including phenoxy) is 2. The molecule has 0 bridgehead atoms. The number of hydrogen-bond acceptors (Lipinski definition) is 4. The minimum Gasteiger partial charge on any atom is -0.486 e. The van der Waals surface area contributed by atoms with Crippen LogP contribution in [0.4, 0.5) is 4.79 Å². The van der Waals surface area contributed by atoms with Crippen molar-refractivity contribution in [2.75, 3.05) is 19.8 Å². The summed E-state index contributed by atoms with van der Waals surface area (Å²) in [5, 5.41) is 16.6. The highest BCUT2D eigenvalue weighted by molar-refractivity contribution is 6.30. The minimum absolute atomic E-state index is 0.0940. The molecule has 0 spiro atoms. The number of fused-ring (bicyclic) bond motifs is 1. The van der Waals surface area contributed by atoms with Crippen molar-refractivity contribution < 1.29 is 19.4 Å².